The number of allylic oxidation sites excluding steroid dienone is 1. The van der Waals surface area contributed by atoms with Crippen LogP contribution in [0.4, 0.5) is 0 Å². The number of phenolic OH excluding ortho intramolecular Hbond substituents is 1. The Kier molecular flexibility index (Phi) is 3.47. The van der Waals surface area contributed by atoms with Crippen molar-refractivity contribution >= 4 is 5.91 Å². The molecule has 3 heteroatoms. The van der Waals surface area contributed by atoms with Crippen LogP contribution in [-0.2, 0) is 11.3 Å². The van der Waals surface area contributed by atoms with Gasteiger partial charge in [-0.25, -0.2) is 0 Å². The predicted octanol–water partition coefficient (Wildman–Crippen LogP) is 2.46. The average Bonchev–Trinajstić information content (AvgIpc) is 3.10. The molecule has 90 valence electrons. The SMILES string of the molecule is CC=CC(=O)N(Cc1cccc(O)c1)C1CC1. The Balaban J connectivity index is 2.10. The second-order valence-corrected chi connectivity index (χ2v) is 4.37. The van der Waals surface area contributed by atoms with Crippen molar-refractivity contribution in [3.63, 3.8) is 0 Å². The molecule has 0 heterocycles. The van der Waals surface area contributed by atoms with Gasteiger partial charge < -0.3 is 10.0 Å². The first-order valence-electron chi connectivity index (χ1n) is 5.92. The highest BCUT2D eigenvalue weighted by Crippen LogP contribution is 2.29. The summed E-state index contributed by atoms with van der Waals surface area (Å²) in [7, 11) is 0. The minimum absolute atomic E-state index is 0.0540. The van der Waals surface area contributed by atoms with Crippen molar-refractivity contribution in [2.45, 2.75) is 32.4 Å². The van der Waals surface area contributed by atoms with Crippen LogP contribution in [0.15, 0.2) is 36.4 Å². The average molecular weight is 231 g/mol. The Morgan fingerprint density at radius 1 is 1.53 bits per heavy atom. The smallest absolute Gasteiger partial charge is 0.246 e. The highest BCUT2D eigenvalue weighted by atomic mass is 16.3. The van der Waals surface area contributed by atoms with Crippen molar-refractivity contribution in [1.29, 1.82) is 0 Å². The van der Waals surface area contributed by atoms with Crippen LogP contribution in [0.3, 0.4) is 0 Å². The van der Waals surface area contributed by atoms with E-state index in [9.17, 15) is 9.90 Å². The van der Waals surface area contributed by atoms with Crippen molar-refractivity contribution in [3.8, 4) is 5.75 Å². The highest BCUT2D eigenvalue weighted by Gasteiger charge is 2.31. The molecule has 1 saturated carbocycles. The third kappa shape index (κ3) is 3.09. The van der Waals surface area contributed by atoms with Gasteiger partial charge in [0.1, 0.15) is 5.75 Å². The van der Waals surface area contributed by atoms with E-state index in [2.05, 4.69) is 0 Å². The molecular weight excluding hydrogens is 214 g/mol. The van der Waals surface area contributed by atoms with Gasteiger partial charge in [0, 0.05) is 12.6 Å². The van der Waals surface area contributed by atoms with Crippen LogP contribution >= 0.6 is 0 Å². The Morgan fingerprint density at radius 2 is 2.29 bits per heavy atom. The molecule has 0 atom stereocenters. The van der Waals surface area contributed by atoms with Crippen molar-refractivity contribution in [3.05, 3.63) is 42.0 Å². The maximum atomic E-state index is 11.9. The molecule has 1 aliphatic carbocycles. The van der Waals surface area contributed by atoms with Crippen molar-refractivity contribution in [2.75, 3.05) is 0 Å². The largest absolute Gasteiger partial charge is 0.508 e. The van der Waals surface area contributed by atoms with Gasteiger partial charge in [-0.3, -0.25) is 4.79 Å². The molecule has 0 bridgehead atoms. The quantitative estimate of drug-likeness (QED) is 0.809. The van der Waals surface area contributed by atoms with Gasteiger partial charge in [-0.2, -0.15) is 0 Å². The van der Waals surface area contributed by atoms with Crippen molar-refractivity contribution in [2.24, 2.45) is 0 Å². The lowest BCUT2D eigenvalue weighted by Gasteiger charge is -2.21. The Hall–Kier alpha value is -1.77. The second kappa shape index (κ2) is 5.04. The molecule has 3 nitrogen and oxygen atoms in total. The number of carbonyl (C=O) groups is 1. The maximum absolute atomic E-state index is 11.9. The predicted molar refractivity (Wildman–Crippen MR) is 66.5 cm³/mol. The fourth-order valence-electron chi connectivity index (χ4n) is 1.86. The zero-order valence-electron chi connectivity index (χ0n) is 9.97. The summed E-state index contributed by atoms with van der Waals surface area (Å²) in [5.74, 6) is 0.301. The molecule has 1 N–H and O–H groups in total. The molecule has 0 unspecified atom stereocenters. The molecule has 0 saturated heterocycles. The molecule has 0 aromatic heterocycles. The van der Waals surface area contributed by atoms with Gasteiger partial charge in [0.05, 0.1) is 0 Å². The summed E-state index contributed by atoms with van der Waals surface area (Å²) < 4.78 is 0. The number of rotatable bonds is 4. The monoisotopic (exact) mass is 231 g/mol. The third-order valence-electron chi connectivity index (χ3n) is 2.84. The minimum atomic E-state index is 0.0540. The number of aromatic hydroxyl groups is 1. The first-order valence-corrected chi connectivity index (χ1v) is 5.92. The maximum Gasteiger partial charge on any atom is 0.246 e. The van der Waals surface area contributed by atoms with Gasteiger partial charge in [0.25, 0.3) is 0 Å². The normalized spacial score (nSPS) is 15.1. The molecule has 0 radical (unpaired) electrons. The number of hydrogen-bond donors (Lipinski definition) is 1. The number of phenols is 1. The van der Waals surface area contributed by atoms with E-state index in [1.807, 2.05) is 17.9 Å². The van der Waals surface area contributed by atoms with E-state index in [4.69, 9.17) is 0 Å². The molecule has 0 aliphatic heterocycles. The van der Waals surface area contributed by atoms with Crippen LogP contribution in [0.1, 0.15) is 25.3 Å². The van der Waals surface area contributed by atoms with Gasteiger partial charge in [0.2, 0.25) is 5.91 Å². The van der Waals surface area contributed by atoms with E-state index >= 15 is 0 Å². The summed E-state index contributed by atoms with van der Waals surface area (Å²) in [6, 6.07) is 7.45. The van der Waals surface area contributed by atoms with Crippen LogP contribution in [0.2, 0.25) is 0 Å². The van der Waals surface area contributed by atoms with Crippen LogP contribution < -0.4 is 0 Å². The molecule has 1 aliphatic rings. The second-order valence-electron chi connectivity index (χ2n) is 4.37. The topological polar surface area (TPSA) is 40.5 Å². The number of hydrogen-bond acceptors (Lipinski definition) is 2. The van der Waals surface area contributed by atoms with E-state index in [0.717, 1.165) is 18.4 Å². The highest BCUT2D eigenvalue weighted by molar-refractivity contribution is 5.88. The van der Waals surface area contributed by atoms with Crippen LogP contribution in [0.25, 0.3) is 0 Å². The number of nitrogens with zero attached hydrogens (tertiary/aromatic N) is 1. The molecule has 0 spiro atoms. The zero-order valence-corrected chi connectivity index (χ0v) is 9.97. The summed E-state index contributed by atoms with van der Waals surface area (Å²) >= 11 is 0. The number of amides is 1. The summed E-state index contributed by atoms with van der Waals surface area (Å²) in [4.78, 5) is 13.8. The lowest BCUT2D eigenvalue weighted by molar-refractivity contribution is -0.127. The van der Waals surface area contributed by atoms with Crippen LogP contribution in [0.5, 0.6) is 5.75 Å². The molecule has 17 heavy (non-hydrogen) atoms. The van der Waals surface area contributed by atoms with Gasteiger partial charge in [-0.15, -0.1) is 0 Å². The van der Waals surface area contributed by atoms with E-state index in [-0.39, 0.29) is 11.7 Å². The number of carbonyl (C=O) groups excluding carboxylic acids is 1. The van der Waals surface area contributed by atoms with Gasteiger partial charge >= 0.3 is 0 Å². The van der Waals surface area contributed by atoms with Crippen molar-refractivity contribution < 1.29 is 9.90 Å². The van der Waals surface area contributed by atoms with Crippen LogP contribution in [0, 0.1) is 0 Å². The molecule has 1 aromatic rings. The standard InChI is InChI=1S/C14H17NO2/c1-2-4-14(17)15(12-7-8-12)10-11-5-3-6-13(16)9-11/h2-6,9,12,16H,7-8,10H2,1H3. The molecule has 2 rings (SSSR count). The summed E-state index contributed by atoms with van der Waals surface area (Å²) in [5.41, 5.74) is 0.967. The molecular formula is C14H17NO2. The lowest BCUT2D eigenvalue weighted by atomic mass is 10.2. The molecule has 1 amide bonds. The lowest BCUT2D eigenvalue weighted by Crippen LogP contribution is -2.31. The first kappa shape index (κ1) is 11.7. The third-order valence-corrected chi connectivity index (χ3v) is 2.84. The van der Waals surface area contributed by atoms with Gasteiger partial charge in [-0.1, -0.05) is 18.2 Å². The van der Waals surface area contributed by atoms with E-state index < -0.39 is 0 Å². The summed E-state index contributed by atoms with van der Waals surface area (Å²) in [6.07, 6.45) is 5.53. The van der Waals surface area contributed by atoms with E-state index in [1.54, 1.807) is 30.4 Å². The molecule has 1 aromatic carbocycles. The zero-order chi connectivity index (χ0) is 12.3. The van der Waals surface area contributed by atoms with E-state index in [0.29, 0.717) is 12.6 Å². The van der Waals surface area contributed by atoms with Gasteiger partial charge in [0.15, 0.2) is 0 Å². The summed E-state index contributed by atoms with van der Waals surface area (Å²) in [6.45, 7) is 2.42. The Morgan fingerprint density at radius 3 is 2.88 bits per heavy atom. The minimum Gasteiger partial charge on any atom is -0.508 e. The van der Waals surface area contributed by atoms with E-state index in [1.165, 1.54) is 0 Å². The Labute approximate surface area is 101 Å². The Bertz CT molecular complexity index is 436. The first-order chi connectivity index (χ1) is 8.20. The number of benzene rings is 1. The fraction of sp³-hybridized carbons (Fsp3) is 0.357. The van der Waals surface area contributed by atoms with Crippen LogP contribution in [-0.4, -0.2) is 22.0 Å². The summed E-state index contributed by atoms with van der Waals surface area (Å²) in [5, 5.41) is 9.40. The van der Waals surface area contributed by atoms with Gasteiger partial charge in [-0.05, 0) is 43.5 Å². The van der Waals surface area contributed by atoms with Crippen molar-refractivity contribution in [1.82, 2.24) is 4.90 Å². The fourth-order valence-corrected chi connectivity index (χ4v) is 1.86. The molecule has 1 fully saturated rings.